The van der Waals surface area contributed by atoms with Crippen LogP contribution in [0.1, 0.15) is 50.5 Å². The number of nitrogens with zero attached hydrogens (tertiary/aromatic N) is 2. The second kappa shape index (κ2) is 9.88. The van der Waals surface area contributed by atoms with Gasteiger partial charge in [0.05, 0.1) is 25.3 Å². The van der Waals surface area contributed by atoms with E-state index in [1.54, 1.807) is 25.3 Å². The summed E-state index contributed by atoms with van der Waals surface area (Å²) in [5.74, 6) is 1.77. The van der Waals surface area contributed by atoms with Gasteiger partial charge in [-0.25, -0.2) is 4.98 Å². The molecule has 0 spiro atoms. The van der Waals surface area contributed by atoms with Crippen molar-refractivity contribution in [1.82, 2.24) is 20.5 Å². The molecule has 3 rings (SSSR count). The van der Waals surface area contributed by atoms with Gasteiger partial charge in [0.25, 0.3) is 0 Å². The van der Waals surface area contributed by atoms with Crippen LogP contribution in [-0.2, 0) is 9.59 Å². The van der Waals surface area contributed by atoms with Crippen LogP contribution in [0.3, 0.4) is 0 Å². The van der Waals surface area contributed by atoms with Gasteiger partial charge < -0.3 is 15.4 Å². The number of benzene rings is 2. The Kier molecular flexibility index (Phi) is 7.02. The molecule has 3 aromatic rings. The molecule has 1 heterocycles. The van der Waals surface area contributed by atoms with Crippen LogP contribution in [0, 0.1) is 0 Å². The molecule has 0 aliphatic rings. The van der Waals surface area contributed by atoms with Crippen LogP contribution in [0.5, 0.6) is 5.75 Å². The number of rotatable bonds is 8. The molecule has 0 bridgehead atoms. The van der Waals surface area contributed by atoms with E-state index in [9.17, 15) is 9.59 Å². The number of carbonyl (C=O) groups excluding carboxylic acids is 2. The number of methoxy groups -OCH3 is 1. The molecule has 0 aliphatic carbocycles. The molecule has 2 aromatic carbocycles. The molecule has 0 aliphatic heterocycles. The fourth-order valence-electron chi connectivity index (χ4n) is 3.16. The number of H-pyrrole nitrogens is 1. The zero-order valence-electron chi connectivity index (χ0n) is 18.1. The molecule has 31 heavy (non-hydrogen) atoms. The SMILES string of the molecule is COc1ccc(C(CC(=O)Nc2ccccc2-c2n[nH]c(C(C)C)n2)NC(C)=O)cc1. The van der Waals surface area contributed by atoms with Gasteiger partial charge >= 0.3 is 0 Å². The van der Waals surface area contributed by atoms with Crippen LogP contribution in [0.2, 0.25) is 0 Å². The predicted molar refractivity (Wildman–Crippen MR) is 119 cm³/mol. The van der Waals surface area contributed by atoms with Gasteiger partial charge in [0.1, 0.15) is 11.6 Å². The second-order valence-electron chi connectivity index (χ2n) is 7.52. The van der Waals surface area contributed by atoms with E-state index in [2.05, 4.69) is 25.8 Å². The molecule has 1 atom stereocenters. The first-order valence-corrected chi connectivity index (χ1v) is 10.1. The molecule has 0 radical (unpaired) electrons. The summed E-state index contributed by atoms with van der Waals surface area (Å²) in [4.78, 5) is 29.1. The number of para-hydroxylation sites is 1. The minimum Gasteiger partial charge on any atom is -0.497 e. The van der Waals surface area contributed by atoms with Crippen molar-refractivity contribution in [3.63, 3.8) is 0 Å². The van der Waals surface area contributed by atoms with Crippen LogP contribution < -0.4 is 15.4 Å². The van der Waals surface area contributed by atoms with Gasteiger partial charge in [-0.2, -0.15) is 5.10 Å². The minimum atomic E-state index is -0.466. The number of hydrogen-bond donors (Lipinski definition) is 3. The highest BCUT2D eigenvalue weighted by Crippen LogP contribution is 2.27. The van der Waals surface area contributed by atoms with Crippen LogP contribution in [0.25, 0.3) is 11.4 Å². The number of amides is 2. The molecule has 0 saturated carbocycles. The Morgan fingerprint density at radius 2 is 1.81 bits per heavy atom. The average molecular weight is 422 g/mol. The Morgan fingerprint density at radius 3 is 2.42 bits per heavy atom. The Balaban J connectivity index is 1.78. The molecule has 0 saturated heterocycles. The number of aromatic amines is 1. The highest BCUT2D eigenvalue weighted by molar-refractivity contribution is 5.95. The van der Waals surface area contributed by atoms with Gasteiger partial charge in [-0.15, -0.1) is 0 Å². The Labute approximate surface area is 181 Å². The third kappa shape index (κ3) is 5.69. The first kappa shape index (κ1) is 22.0. The fraction of sp³-hybridized carbons (Fsp3) is 0.304. The second-order valence-corrected chi connectivity index (χ2v) is 7.52. The summed E-state index contributed by atoms with van der Waals surface area (Å²) in [6.07, 6.45) is 0.0749. The quantitative estimate of drug-likeness (QED) is 0.512. The number of anilines is 1. The molecule has 8 heteroatoms. The predicted octanol–water partition coefficient (Wildman–Crippen LogP) is 3.81. The number of nitrogens with one attached hydrogen (secondary N) is 3. The Bertz CT molecular complexity index is 1040. The number of ether oxygens (including phenoxy) is 1. The van der Waals surface area contributed by atoms with E-state index in [1.165, 1.54) is 6.92 Å². The first-order chi connectivity index (χ1) is 14.9. The molecular weight excluding hydrogens is 394 g/mol. The van der Waals surface area contributed by atoms with E-state index in [1.807, 2.05) is 44.2 Å². The molecule has 2 amide bonds. The average Bonchev–Trinajstić information content (AvgIpc) is 3.24. The summed E-state index contributed by atoms with van der Waals surface area (Å²) >= 11 is 0. The summed E-state index contributed by atoms with van der Waals surface area (Å²) in [5, 5.41) is 13.0. The summed E-state index contributed by atoms with van der Waals surface area (Å²) in [5.41, 5.74) is 2.15. The van der Waals surface area contributed by atoms with Crippen molar-refractivity contribution in [2.45, 2.75) is 39.2 Å². The van der Waals surface area contributed by atoms with E-state index in [-0.39, 0.29) is 24.2 Å². The van der Waals surface area contributed by atoms with Gasteiger partial charge in [-0.3, -0.25) is 14.7 Å². The van der Waals surface area contributed by atoms with Gasteiger partial charge in [0.2, 0.25) is 11.8 Å². The highest BCUT2D eigenvalue weighted by Gasteiger charge is 2.19. The molecule has 1 unspecified atom stereocenters. The largest absolute Gasteiger partial charge is 0.497 e. The van der Waals surface area contributed by atoms with Crippen molar-refractivity contribution in [2.24, 2.45) is 0 Å². The van der Waals surface area contributed by atoms with Crippen molar-refractivity contribution in [3.8, 4) is 17.1 Å². The van der Waals surface area contributed by atoms with Crippen LogP contribution >= 0.6 is 0 Å². The van der Waals surface area contributed by atoms with Crippen molar-refractivity contribution in [2.75, 3.05) is 12.4 Å². The van der Waals surface area contributed by atoms with E-state index in [4.69, 9.17) is 4.74 Å². The molecular formula is C23H27N5O3. The maximum atomic E-state index is 12.9. The lowest BCUT2D eigenvalue weighted by molar-refractivity contribution is -0.120. The van der Waals surface area contributed by atoms with Gasteiger partial charge in [0, 0.05) is 18.4 Å². The van der Waals surface area contributed by atoms with Crippen molar-refractivity contribution in [1.29, 1.82) is 0 Å². The van der Waals surface area contributed by atoms with Crippen LogP contribution in [0.4, 0.5) is 5.69 Å². The lowest BCUT2D eigenvalue weighted by Crippen LogP contribution is -2.29. The van der Waals surface area contributed by atoms with Gasteiger partial charge in [-0.05, 0) is 29.8 Å². The standard InChI is InChI=1S/C23H27N5O3/c1-14(2)22-26-23(28-27-22)18-7-5-6-8-19(18)25-21(30)13-20(24-15(3)29)16-9-11-17(31-4)12-10-16/h5-12,14,20H,13H2,1-4H3,(H,24,29)(H,25,30)(H,26,27,28). The smallest absolute Gasteiger partial charge is 0.226 e. The Hall–Kier alpha value is -3.68. The van der Waals surface area contributed by atoms with Crippen molar-refractivity contribution >= 4 is 17.5 Å². The topological polar surface area (TPSA) is 109 Å². The normalized spacial score (nSPS) is 11.8. The first-order valence-electron chi connectivity index (χ1n) is 10.1. The zero-order chi connectivity index (χ0) is 22.4. The van der Waals surface area contributed by atoms with Crippen molar-refractivity contribution in [3.05, 3.63) is 59.9 Å². The molecule has 3 N–H and O–H groups in total. The summed E-state index contributed by atoms with van der Waals surface area (Å²) in [6.45, 7) is 5.48. The maximum absolute atomic E-state index is 12.9. The third-order valence-electron chi connectivity index (χ3n) is 4.78. The lowest BCUT2D eigenvalue weighted by atomic mass is 10.0. The minimum absolute atomic E-state index is 0.0749. The summed E-state index contributed by atoms with van der Waals surface area (Å²) in [7, 11) is 1.59. The maximum Gasteiger partial charge on any atom is 0.226 e. The zero-order valence-corrected chi connectivity index (χ0v) is 18.1. The van der Waals surface area contributed by atoms with E-state index in [0.29, 0.717) is 17.3 Å². The van der Waals surface area contributed by atoms with Gasteiger partial charge in [0.15, 0.2) is 5.82 Å². The summed E-state index contributed by atoms with van der Waals surface area (Å²) < 4.78 is 5.18. The third-order valence-corrected chi connectivity index (χ3v) is 4.78. The molecule has 1 aromatic heterocycles. The Morgan fingerprint density at radius 1 is 1.10 bits per heavy atom. The molecule has 162 valence electrons. The van der Waals surface area contributed by atoms with Crippen LogP contribution in [-0.4, -0.2) is 34.1 Å². The van der Waals surface area contributed by atoms with E-state index < -0.39 is 6.04 Å². The van der Waals surface area contributed by atoms with E-state index >= 15 is 0 Å². The van der Waals surface area contributed by atoms with Crippen LogP contribution in [0.15, 0.2) is 48.5 Å². The van der Waals surface area contributed by atoms with Gasteiger partial charge in [-0.1, -0.05) is 38.1 Å². The van der Waals surface area contributed by atoms with Crippen molar-refractivity contribution < 1.29 is 14.3 Å². The number of hydrogen-bond acceptors (Lipinski definition) is 5. The molecule has 0 fully saturated rings. The molecule has 8 nitrogen and oxygen atoms in total. The van der Waals surface area contributed by atoms with E-state index in [0.717, 1.165) is 17.0 Å². The fourth-order valence-corrected chi connectivity index (χ4v) is 3.16. The monoisotopic (exact) mass is 421 g/mol. The number of aromatic nitrogens is 3. The lowest BCUT2D eigenvalue weighted by Gasteiger charge is -2.19. The number of carbonyl (C=O) groups is 2. The highest BCUT2D eigenvalue weighted by atomic mass is 16.5. The summed E-state index contributed by atoms with van der Waals surface area (Å²) in [6, 6.07) is 14.2.